The summed E-state index contributed by atoms with van der Waals surface area (Å²) in [4.78, 5) is 12.5. The normalized spacial score (nSPS) is 19.8. The van der Waals surface area contributed by atoms with Crippen molar-refractivity contribution < 1.29 is 13.2 Å². The number of hydrazine groups is 1. The second-order valence-electron chi connectivity index (χ2n) is 7.06. The number of sulfonamides is 1. The third-order valence-corrected chi connectivity index (χ3v) is 6.90. The predicted octanol–water partition coefficient (Wildman–Crippen LogP) is 3.63. The molecule has 2 aromatic carbocycles. The topological polar surface area (TPSA) is 87.3 Å². The number of para-hydroxylation sites is 1. The predicted molar refractivity (Wildman–Crippen MR) is 110 cm³/mol. The van der Waals surface area contributed by atoms with Gasteiger partial charge in [-0.15, -0.1) is 0 Å². The highest BCUT2D eigenvalue weighted by Gasteiger charge is 2.29. The first-order valence-electron chi connectivity index (χ1n) is 9.24. The molecule has 0 aromatic heterocycles. The highest BCUT2D eigenvalue weighted by Crippen LogP contribution is 2.26. The van der Waals surface area contributed by atoms with Crippen molar-refractivity contribution in [2.75, 3.05) is 5.43 Å². The fourth-order valence-electron chi connectivity index (χ4n) is 3.26. The molecule has 0 bridgehead atoms. The lowest BCUT2D eigenvalue weighted by Gasteiger charge is -2.28. The van der Waals surface area contributed by atoms with Crippen LogP contribution in [0.15, 0.2) is 53.4 Å². The van der Waals surface area contributed by atoms with Crippen LogP contribution in [0.5, 0.6) is 0 Å². The summed E-state index contributed by atoms with van der Waals surface area (Å²) in [6.45, 7) is 1.82. The Morgan fingerprint density at radius 2 is 1.71 bits per heavy atom. The smallest absolute Gasteiger partial charge is 0.241 e. The molecule has 0 atom stereocenters. The van der Waals surface area contributed by atoms with Gasteiger partial charge in [0.05, 0.1) is 10.6 Å². The van der Waals surface area contributed by atoms with E-state index in [4.69, 9.17) is 11.6 Å². The van der Waals surface area contributed by atoms with Gasteiger partial charge < -0.3 is 0 Å². The Kier molecular flexibility index (Phi) is 6.59. The molecule has 2 aromatic rings. The van der Waals surface area contributed by atoms with E-state index in [1.807, 2.05) is 37.3 Å². The Morgan fingerprint density at radius 3 is 2.36 bits per heavy atom. The Morgan fingerprint density at radius 1 is 1.04 bits per heavy atom. The molecule has 28 heavy (non-hydrogen) atoms. The van der Waals surface area contributed by atoms with Crippen molar-refractivity contribution in [2.24, 2.45) is 5.92 Å². The quantitative estimate of drug-likeness (QED) is 0.621. The Labute approximate surface area is 170 Å². The van der Waals surface area contributed by atoms with Crippen LogP contribution >= 0.6 is 11.6 Å². The highest BCUT2D eigenvalue weighted by atomic mass is 35.5. The lowest BCUT2D eigenvalue weighted by molar-refractivity contribution is -0.125. The molecule has 6 nitrogen and oxygen atoms in total. The molecule has 0 heterocycles. The molecule has 0 unspecified atom stereocenters. The first-order valence-corrected chi connectivity index (χ1v) is 11.1. The monoisotopic (exact) mass is 421 g/mol. The molecule has 3 rings (SSSR count). The number of halogens is 1. The van der Waals surface area contributed by atoms with Gasteiger partial charge in [0, 0.05) is 17.0 Å². The molecule has 0 aliphatic heterocycles. The van der Waals surface area contributed by atoms with Crippen molar-refractivity contribution >= 4 is 33.2 Å². The number of anilines is 1. The SMILES string of the molecule is Cc1ccc(S(=O)(=O)NC2CCC(C(=O)NNc3ccccc3)CC2)cc1Cl. The zero-order valence-corrected chi connectivity index (χ0v) is 17.2. The largest absolute Gasteiger partial charge is 0.299 e. The van der Waals surface area contributed by atoms with Crippen LogP contribution in [-0.2, 0) is 14.8 Å². The third-order valence-electron chi connectivity index (χ3n) is 4.98. The van der Waals surface area contributed by atoms with E-state index in [9.17, 15) is 13.2 Å². The standard InChI is InChI=1S/C20H24ClN3O3S/c1-14-7-12-18(13-19(14)21)28(26,27)24-17-10-8-15(9-11-17)20(25)23-22-16-5-3-2-4-6-16/h2-7,12-13,15,17,22,24H,8-11H2,1H3,(H,23,25). The summed E-state index contributed by atoms with van der Waals surface area (Å²) in [7, 11) is -3.63. The lowest BCUT2D eigenvalue weighted by atomic mass is 9.86. The fourth-order valence-corrected chi connectivity index (χ4v) is 4.84. The van der Waals surface area contributed by atoms with Crippen molar-refractivity contribution in [2.45, 2.75) is 43.5 Å². The first-order chi connectivity index (χ1) is 13.3. The van der Waals surface area contributed by atoms with E-state index in [-0.39, 0.29) is 22.8 Å². The number of carbonyl (C=O) groups is 1. The summed E-state index contributed by atoms with van der Waals surface area (Å²) in [6.07, 6.45) is 2.48. The highest BCUT2D eigenvalue weighted by molar-refractivity contribution is 7.89. The molecular weight excluding hydrogens is 398 g/mol. The van der Waals surface area contributed by atoms with Crippen LogP contribution < -0.4 is 15.6 Å². The van der Waals surface area contributed by atoms with Gasteiger partial charge in [-0.25, -0.2) is 13.1 Å². The number of nitrogens with one attached hydrogen (secondary N) is 3. The molecule has 1 amide bonds. The van der Waals surface area contributed by atoms with Gasteiger partial charge in [0.25, 0.3) is 0 Å². The number of benzene rings is 2. The van der Waals surface area contributed by atoms with Crippen LogP contribution in [0.2, 0.25) is 5.02 Å². The molecule has 1 aliphatic carbocycles. The van der Waals surface area contributed by atoms with Gasteiger partial charge in [-0.05, 0) is 62.4 Å². The maximum absolute atomic E-state index is 12.6. The Balaban J connectivity index is 1.50. The van der Waals surface area contributed by atoms with Crippen LogP contribution in [0.4, 0.5) is 5.69 Å². The van der Waals surface area contributed by atoms with Crippen LogP contribution in [-0.4, -0.2) is 20.4 Å². The van der Waals surface area contributed by atoms with Crippen molar-refractivity contribution in [1.82, 2.24) is 10.1 Å². The summed E-state index contributed by atoms with van der Waals surface area (Å²) in [5.74, 6) is -0.207. The van der Waals surface area contributed by atoms with E-state index in [1.54, 1.807) is 12.1 Å². The van der Waals surface area contributed by atoms with E-state index in [2.05, 4.69) is 15.6 Å². The van der Waals surface area contributed by atoms with Crippen molar-refractivity contribution in [3.05, 3.63) is 59.1 Å². The van der Waals surface area contributed by atoms with Crippen molar-refractivity contribution in [3.63, 3.8) is 0 Å². The van der Waals surface area contributed by atoms with Gasteiger partial charge in [0.2, 0.25) is 15.9 Å². The molecule has 0 saturated heterocycles. The van der Waals surface area contributed by atoms with Gasteiger partial charge in [-0.2, -0.15) is 0 Å². The molecule has 0 spiro atoms. The Hall–Kier alpha value is -2.09. The van der Waals surface area contributed by atoms with Gasteiger partial charge >= 0.3 is 0 Å². The maximum atomic E-state index is 12.6. The minimum absolute atomic E-state index is 0.0736. The van der Waals surface area contributed by atoms with E-state index in [0.29, 0.717) is 30.7 Å². The maximum Gasteiger partial charge on any atom is 0.241 e. The average Bonchev–Trinajstić information content (AvgIpc) is 2.69. The van der Waals surface area contributed by atoms with Crippen LogP contribution in [0.3, 0.4) is 0 Å². The molecule has 1 saturated carbocycles. The molecule has 8 heteroatoms. The first kappa shape index (κ1) is 20.6. The minimum atomic E-state index is -3.63. The average molecular weight is 422 g/mol. The van der Waals surface area contributed by atoms with Crippen LogP contribution in [0, 0.1) is 12.8 Å². The zero-order chi connectivity index (χ0) is 20.1. The van der Waals surface area contributed by atoms with Gasteiger partial charge in [-0.1, -0.05) is 35.9 Å². The second-order valence-corrected chi connectivity index (χ2v) is 9.18. The van der Waals surface area contributed by atoms with Gasteiger partial charge in [0.1, 0.15) is 0 Å². The fraction of sp³-hybridized carbons (Fsp3) is 0.350. The number of hydrogen-bond acceptors (Lipinski definition) is 4. The molecule has 1 fully saturated rings. The molecule has 1 aliphatic rings. The number of amides is 1. The molecule has 3 N–H and O–H groups in total. The summed E-state index contributed by atoms with van der Waals surface area (Å²) >= 11 is 6.05. The Bertz CT molecular complexity index is 927. The van der Waals surface area contributed by atoms with Crippen LogP contribution in [0.25, 0.3) is 0 Å². The van der Waals surface area contributed by atoms with E-state index in [0.717, 1.165) is 11.3 Å². The van der Waals surface area contributed by atoms with Crippen LogP contribution in [0.1, 0.15) is 31.2 Å². The second kappa shape index (κ2) is 8.94. The van der Waals surface area contributed by atoms with Gasteiger partial charge in [0.15, 0.2) is 0 Å². The third kappa shape index (κ3) is 5.25. The van der Waals surface area contributed by atoms with E-state index < -0.39 is 10.0 Å². The zero-order valence-electron chi connectivity index (χ0n) is 15.6. The number of rotatable bonds is 6. The summed E-state index contributed by atoms with van der Waals surface area (Å²) in [5.41, 5.74) is 7.27. The molecule has 0 radical (unpaired) electrons. The number of hydrogen-bond donors (Lipinski definition) is 3. The minimum Gasteiger partial charge on any atom is -0.299 e. The van der Waals surface area contributed by atoms with Gasteiger partial charge in [-0.3, -0.25) is 15.6 Å². The summed E-state index contributed by atoms with van der Waals surface area (Å²) in [5, 5.41) is 0.425. The number of carbonyl (C=O) groups excluding carboxylic acids is 1. The summed E-state index contributed by atoms with van der Waals surface area (Å²) in [6, 6.07) is 13.9. The summed E-state index contributed by atoms with van der Waals surface area (Å²) < 4.78 is 27.9. The van der Waals surface area contributed by atoms with Crippen molar-refractivity contribution in [1.29, 1.82) is 0 Å². The number of aryl methyl sites for hydroxylation is 1. The van der Waals surface area contributed by atoms with E-state index in [1.165, 1.54) is 6.07 Å². The molecule has 150 valence electrons. The lowest BCUT2D eigenvalue weighted by Crippen LogP contribution is -2.42. The van der Waals surface area contributed by atoms with Crippen molar-refractivity contribution in [3.8, 4) is 0 Å². The molecular formula is C20H24ClN3O3S. The van der Waals surface area contributed by atoms with E-state index >= 15 is 0 Å².